The zero-order valence-electron chi connectivity index (χ0n) is 36.7. The van der Waals surface area contributed by atoms with Gasteiger partial charge in [0.1, 0.15) is 12.1 Å². The normalized spacial score (nSPS) is 13.4. The first-order valence-electron chi connectivity index (χ1n) is 22.6. The maximum Gasteiger partial charge on any atom is 0.328 e. The van der Waals surface area contributed by atoms with Crippen molar-refractivity contribution < 1.29 is 34.1 Å². The lowest BCUT2D eigenvalue weighted by Crippen LogP contribution is -2.47. The fraction of sp³-hybridized carbons (Fsp3) is 0.600. The molecule has 0 aromatic carbocycles. The molecule has 9 nitrogen and oxygen atoms in total. The first kappa shape index (κ1) is 54.8. The second-order valence-corrected chi connectivity index (χ2v) is 14.8. The molecule has 4 N–H and O–H groups in total. The Morgan fingerprint density at radius 3 is 1.54 bits per heavy atom. The fourth-order valence-electron chi connectivity index (χ4n) is 5.84. The number of aliphatic carboxylic acids is 1. The van der Waals surface area contributed by atoms with Crippen LogP contribution in [0.5, 0.6) is 0 Å². The van der Waals surface area contributed by atoms with Crippen LogP contribution in [-0.2, 0) is 23.9 Å². The van der Waals surface area contributed by atoms with Crippen molar-refractivity contribution in [2.45, 2.75) is 180 Å². The number of carboxylic acid groups (broad SMARTS) is 1. The monoisotopic (exact) mass is 821 g/mol. The summed E-state index contributed by atoms with van der Waals surface area (Å²) in [6, 6.07) is -1.40. The Balaban J connectivity index is 4.34. The molecule has 9 heteroatoms. The van der Waals surface area contributed by atoms with Gasteiger partial charge in [-0.15, -0.1) is 0 Å². The van der Waals surface area contributed by atoms with Crippen molar-refractivity contribution in [1.82, 2.24) is 10.6 Å². The molecular weight excluding hydrogens is 741 g/mol. The maximum atomic E-state index is 12.7. The number of nitrogens with one attached hydrogen (secondary N) is 2. The second-order valence-electron chi connectivity index (χ2n) is 14.8. The number of rotatable bonds is 39. The predicted molar refractivity (Wildman–Crippen MR) is 245 cm³/mol. The summed E-state index contributed by atoms with van der Waals surface area (Å²) in [6.45, 7) is 3.29. The van der Waals surface area contributed by atoms with Gasteiger partial charge in [-0.05, 0) is 102 Å². The van der Waals surface area contributed by atoms with E-state index in [0.717, 1.165) is 109 Å². The van der Waals surface area contributed by atoms with Gasteiger partial charge in [0.2, 0.25) is 11.8 Å². The van der Waals surface area contributed by atoms with E-state index in [0.29, 0.717) is 12.8 Å². The maximum absolute atomic E-state index is 12.7. The van der Waals surface area contributed by atoms with Crippen LogP contribution in [0.15, 0.2) is 97.2 Å². The van der Waals surface area contributed by atoms with Crippen molar-refractivity contribution >= 4 is 23.8 Å². The van der Waals surface area contributed by atoms with Gasteiger partial charge in [-0.3, -0.25) is 14.4 Å². The van der Waals surface area contributed by atoms with E-state index < -0.39 is 24.5 Å². The van der Waals surface area contributed by atoms with Gasteiger partial charge in [0.05, 0.1) is 13.2 Å². The zero-order chi connectivity index (χ0) is 43.3. The Morgan fingerprint density at radius 2 is 1.02 bits per heavy atom. The number of unbranched alkanes of at least 4 members (excludes halogenated alkanes) is 11. The standard InChI is InChI=1S/C50H80N2O7/c1-3-5-7-9-11-13-14-15-16-17-18-19-20-21-22-23-24-25-26-28-30-32-38-42-49(56)59-45(39-35-31-29-27-12-10-8-6-4-2)40-36-33-34-37-41-47(54)51-43-48(55)52-46(44-53)50(57)58/h5,7,11,13,15-16,18-19,21-22,24-25,27,29,35,39,45-46,53H,3-4,6,8-10,12,14,17,20,23,26,28,30-34,36-38,40-44H2,1-2H3,(H,51,54)(H,52,55)(H,57,58)/b7-5-,13-11-,16-15-,19-18-,22-21-,25-24-,29-27-,39-35-. The van der Waals surface area contributed by atoms with Gasteiger partial charge in [-0.2, -0.15) is 0 Å². The third kappa shape index (κ3) is 40.3. The fourth-order valence-corrected chi connectivity index (χ4v) is 5.84. The molecule has 0 saturated carbocycles. The Bertz CT molecular complexity index is 1310. The minimum absolute atomic E-state index is 0.155. The molecule has 0 aromatic rings. The molecule has 0 aromatic heterocycles. The van der Waals surface area contributed by atoms with E-state index in [9.17, 15) is 19.2 Å². The van der Waals surface area contributed by atoms with Crippen molar-refractivity contribution in [3.05, 3.63) is 97.2 Å². The molecule has 0 bridgehead atoms. The average molecular weight is 821 g/mol. The van der Waals surface area contributed by atoms with Crippen LogP contribution in [-0.4, -0.2) is 59.3 Å². The van der Waals surface area contributed by atoms with Gasteiger partial charge in [0.25, 0.3) is 0 Å². The molecule has 0 aliphatic rings. The number of aliphatic hydroxyl groups excluding tert-OH is 1. The number of allylic oxidation sites excluding steroid dienone is 15. The molecule has 2 atom stereocenters. The Labute approximate surface area is 358 Å². The quantitative estimate of drug-likeness (QED) is 0.0275. The SMILES string of the molecule is CC/C=C\C/C=C\C/C=C\C/C=C\C/C=C\C/C=C\CCCCCCC(=O)OC(/C=C\C/C=C\CCCCCC)CCCCCCC(=O)NCC(=O)NC(CO)C(=O)O. The van der Waals surface area contributed by atoms with Crippen molar-refractivity contribution in [3.8, 4) is 0 Å². The molecule has 0 saturated heterocycles. The predicted octanol–water partition coefficient (Wildman–Crippen LogP) is 11.4. The number of carbonyl (C=O) groups is 4. The highest BCUT2D eigenvalue weighted by Gasteiger charge is 2.18. The summed E-state index contributed by atoms with van der Waals surface area (Å²) < 4.78 is 5.89. The van der Waals surface area contributed by atoms with Crippen LogP contribution in [0.4, 0.5) is 0 Å². The van der Waals surface area contributed by atoms with Crippen LogP contribution in [0.25, 0.3) is 0 Å². The molecule has 332 valence electrons. The summed E-state index contributed by atoms with van der Waals surface area (Å²) in [5.74, 6) is -2.47. The number of hydrogen-bond acceptors (Lipinski definition) is 6. The lowest BCUT2D eigenvalue weighted by molar-refractivity contribution is -0.147. The second kappa shape index (κ2) is 43.3. The van der Waals surface area contributed by atoms with E-state index in [1.807, 2.05) is 6.08 Å². The summed E-state index contributed by atoms with van der Waals surface area (Å²) in [5.41, 5.74) is 0. The number of amides is 2. The Kier molecular flexibility index (Phi) is 40.2. The average Bonchev–Trinajstić information content (AvgIpc) is 3.22. The van der Waals surface area contributed by atoms with E-state index in [4.69, 9.17) is 14.9 Å². The summed E-state index contributed by atoms with van der Waals surface area (Å²) >= 11 is 0. The van der Waals surface area contributed by atoms with E-state index in [2.05, 4.69) is 116 Å². The van der Waals surface area contributed by atoms with Gasteiger partial charge in [0.15, 0.2) is 0 Å². The molecule has 0 aliphatic carbocycles. The summed E-state index contributed by atoms with van der Waals surface area (Å²) in [7, 11) is 0. The summed E-state index contributed by atoms with van der Waals surface area (Å²) in [5, 5.41) is 22.5. The van der Waals surface area contributed by atoms with Crippen molar-refractivity contribution in [1.29, 1.82) is 0 Å². The van der Waals surface area contributed by atoms with Crippen molar-refractivity contribution in [3.63, 3.8) is 0 Å². The lowest BCUT2D eigenvalue weighted by Gasteiger charge is -2.15. The van der Waals surface area contributed by atoms with Gasteiger partial charge >= 0.3 is 11.9 Å². The van der Waals surface area contributed by atoms with Crippen LogP contribution >= 0.6 is 0 Å². The van der Waals surface area contributed by atoms with Gasteiger partial charge < -0.3 is 25.6 Å². The molecule has 2 amide bonds. The van der Waals surface area contributed by atoms with Crippen LogP contribution in [0.2, 0.25) is 0 Å². The topological polar surface area (TPSA) is 142 Å². The van der Waals surface area contributed by atoms with Crippen LogP contribution in [0.3, 0.4) is 0 Å². The summed E-state index contributed by atoms with van der Waals surface area (Å²) in [6.07, 6.45) is 57.4. The molecule has 2 unspecified atom stereocenters. The van der Waals surface area contributed by atoms with Gasteiger partial charge in [-0.1, -0.05) is 150 Å². The van der Waals surface area contributed by atoms with E-state index >= 15 is 0 Å². The molecule has 0 spiro atoms. The van der Waals surface area contributed by atoms with Crippen molar-refractivity contribution in [2.24, 2.45) is 0 Å². The zero-order valence-corrected chi connectivity index (χ0v) is 36.7. The van der Waals surface area contributed by atoms with E-state index in [-0.39, 0.29) is 30.9 Å². The molecule has 0 fully saturated rings. The first-order chi connectivity index (χ1) is 28.8. The smallest absolute Gasteiger partial charge is 0.328 e. The molecular formula is C50H80N2O7. The highest BCUT2D eigenvalue weighted by atomic mass is 16.5. The Morgan fingerprint density at radius 1 is 0.542 bits per heavy atom. The van der Waals surface area contributed by atoms with Crippen LogP contribution in [0.1, 0.15) is 168 Å². The molecule has 0 heterocycles. The van der Waals surface area contributed by atoms with Crippen LogP contribution in [0, 0.1) is 0 Å². The highest BCUT2D eigenvalue weighted by Crippen LogP contribution is 2.14. The minimum Gasteiger partial charge on any atom is -0.480 e. The Hall–Kier alpha value is -4.24. The molecule has 0 radical (unpaired) electrons. The largest absolute Gasteiger partial charge is 0.480 e. The highest BCUT2D eigenvalue weighted by molar-refractivity contribution is 5.87. The van der Waals surface area contributed by atoms with Gasteiger partial charge in [-0.25, -0.2) is 4.79 Å². The first-order valence-corrected chi connectivity index (χ1v) is 22.6. The number of carbonyl (C=O) groups excluding carboxylic acids is 3. The van der Waals surface area contributed by atoms with Crippen LogP contribution < -0.4 is 10.6 Å². The third-order valence-electron chi connectivity index (χ3n) is 9.30. The number of hydrogen-bond donors (Lipinski definition) is 4. The number of carboxylic acids is 1. The minimum atomic E-state index is -1.40. The number of esters is 1. The number of ether oxygens (including phenoxy) is 1. The molecule has 0 rings (SSSR count). The van der Waals surface area contributed by atoms with E-state index in [1.54, 1.807) is 0 Å². The van der Waals surface area contributed by atoms with Gasteiger partial charge in [0, 0.05) is 12.8 Å². The van der Waals surface area contributed by atoms with Crippen molar-refractivity contribution in [2.75, 3.05) is 13.2 Å². The summed E-state index contributed by atoms with van der Waals surface area (Å²) in [4.78, 5) is 47.6. The van der Waals surface area contributed by atoms with E-state index in [1.165, 1.54) is 25.7 Å². The molecule has 59 heavy (non-hydrogen) atoms. The third-order valence-corrected chi connectivity index (χ3v) is 9.30. The lowest BCUT2D eigenvalue weighted by atomic mass is 10.1. The molecule has 0 aliphatic heterocycles. The number of aliphatic hydroxyl groups is 1.